The number of unbranched alkanes of at least 4 members (excludes halogenated alkanes) is 1. The van der Waals surface area contributed by atoms with Gasteiger partial charge >= 0.3 is 12.1 Å². The molecule has 3 aromatic rings. The Balaban J connectivity index is 1.67. The highest BCUT2D eigenvalue weighted by Crippen LogP contribution is 2.52. The van der Waals surface area contributed by atoms with E-state index in [1.807, 2.05) is 12.1 Å². The van der Waals surface area contributed by atoms with Gasteiger partial charge < -0.3 is 9.84 Å². The Labute approximate surface area is 253 Å². The number of amides is 1. The molecule has 0 bridgehead atoms. The lowest BCUT2D eigenvalue weighted by atomic mass is 9.89. The molecule has 230 valence electrons. The fourth-order valence-corrected chi connectivity index (χ4v) is 6.19. The molecule has 43 heavy (non-hydrogen) atoms. The molecule has 0 spiro atoms. The van der Waals surface area contributed by atoms with E-state index in [1.54, 1.807) is 32.9 Å². The van der Waals surface area contributed by atoms with Gasteiger partial charge in [0.1, 0.15) is 22.9 Å². The van der Waals surface area contributed by atoms with Gasteiger partial charge in [-0.3, -0.25) is 14.7 Å². The van der Waals surface area contributed by atoms with Gasteiger partial charge in [0, 0.05) is 12.4 Å². The van der Waals surface area contributed by atoms with Gasteiger partial charge in [0.05, 0.1) is 11.7 Å². The number of hydrogen-bond acceptors (Lipinski definition) is 7. The van der Waals surface area contributed by atoms with Gasteiger partial charge in [0.25, 0.3) is 0 Å². The first-order valence-electron chi connectivity index (χ1n) is 14.5. The summed E-state index contributed by atoms with van der Waals surface area (Å²) in [5.74, 6) is -1.22. The Hall–Kier alpha value is -3.83. The monoisotopic (exact) mass is 608 g/mol. The summed E-state index contributed by atoms with van der Waals surface area (Å²) in [6, 6.07) is 15.2. The number of anilines is 1. The SMILES string of the molecule is CCCCC1(c2ccc(CC(NS(=O)(=O)c3cccnc3)c3cccc(N(CC(=O)O)C(=O)OC(C)(C)C)n3)cc2)CC1. The average Bonchev–Trinajstić information content (AvgIpc) is 3.75. The number of hydrogen-bond donors (Lipinski definition) is 2. The Morgan fingerprint density at radius 3 is 2.40 bits per heavy atom. The van der Waals surface area contributed by atoms with Gasteiger partial charge in [-0.25, -0.2) is 22.9 Å². The van der Waals surface area contributed by atoms with E-state index in [1.165, 1.54) is 55.4 Å². The number of carbonyl (C=O) groups excluding carboxylic acids is 1. The van der Waals surface area contributed by atoms with Crippen molar-refractivity contribution in [1.82, 2.24) is 14.7 Å². The molecule has 2 heterocycles. The molecule has 1 unspecified atom stereocenters. The Kier molecular flexibility index (Phi) is 9.86. The zero-order valence-corrected chi connectivity index (χ0v) is 25.9. The van der Waals surface area contributed by atoms with Crippen molar-refractivity contribution in [2.24, 2.45) is 0 Å². The minimum absolute atomic E-state index is 0.000592. The minimum Gasteiger partial charge on any atom is -0.480 e. The van der Waals surface area contributed by atoms with Crippen molar-refractivity contribution in [1.29, 1.82) is 0 Å². The van der Waals surface area contributed by atoms with Crippen LogP contribution in [-0.2, 0) is 31.4 Å². The predicted octanol–water partition coefficient (Wildman–Crippen LogP) is 5.79. The molecule has 1 aliphatic rings. The Morgan fingerprint density at radius 2 is 1.81 bits per heavy atom. The van der Waals surface area contributed by atoms with Crippen molar-refractivity contribution in [2.45, 2.75) is 88.2 Å². The van der Waals surface area contributed by atoms with Crippen LogP contribution in [0.1, 0.15) is 82.7 Å². The summed E-state index contributed by atoms with van der Waals surface area (Å²) in [5.41, 5.74) is 1.90. The van der Waals surface area contributed by atoms with Crippen LogP contribution in [0.15, 0.2) is 71.9 Å². The molecule has 1 fully saturated rings. The van der Waals surface area contributed by atoms with E-state index in [4.69, 9.17) is 4.74 Å². The highest BCUT2D eigenvalue weighted by atomic mass is 32.2. The van der Waals surface area contributed by atoms with E-state index in [2.05, 4.69) is 33.7 Å². The van der Waals surface area contributed by atoms with Crippen LogP contribution in [0.4, 0.5) is 10.6 Å². The fraction of sp³-hybridized carbons (Fsp3) is 0.438. The minimum atomic E-state index is -4.00. The molecule has 0 saturated heterocycles. The predicted molar refractivity (Wildman–Crippen MR) is 163 cm³/mol. The van der Waals surface area contributed by atoms with Gasteiger partial charge in [-0.15, -0.1) is 0 Å². The summed E-state index contributed by atoms with van der Waals surface area (Å²) in [4.78, 5) is 34.0. The van der Waals surface area contributed by atoms with Crippen LogP contribution < -0.4 is 9.62 Å². The first kappa shape index (κ1) is 32.1. The fourth-order valence-electron chi connectivity index (χ4n) is 5.02. The third-order valence-corrected chi connectivity index (χ3v) is 8.86. The van der Waals surface area contributed by atoms with E-state index in [9.17, 15) is 23.1 Å². The van der Waals surface area contributed by atoms with Crippen molar-refractivity contribution < 1.29 is 27.9 Å². The van der Waals surface area contributed by atoms with Crippen LogP contribution in [-0.4, -0.2) is 47.7 Å². The second kappa shape index (κ2) is 13.2. The molecule has 2 N–H and O–H groups in total. The van der Waals surface area contributed by atoms with Crippen LogP contribution in [0.5, 0.6) is 0 Å². The molecule has 11 heteroatoms. The summed E-state index contributed by atoms with van der Waals surface area (Å²) in [6.07, 6.45) is 8.01. The van der Waals surface area contributed by atoms with Gasteiger partial charge in [0.2, 0.25) is 10.0 Å². The molecule has 10 nitrogen and oxygen atoms in total. The quantitative estimate of drug-likeness (QED) is 0.249. The zero-order chi connectivity index (χ0) is 31.3. The number of nitrogens with one attached hydrogen (secondary N) is 1. The van der Waals surface area contributed by atoms with Crippen LogP contribution in [0, 0.1) is 0 Å². The van der Waals surface area contributed by atoms with Gasteiger partial charge in [-0.05, 0) is 87.3 Å². The summed E-state index contributed by atoms with van der Waals surface area (Å²) in [5, 5.41) is 9.50. The second-order valence-corrected chi connectivity index (χ2v) is 13.7. The molecule has 1 amide bonds. The third kappa shape index (κ3) is 8.61. The van der Waals surface area contributed by atoms with E-state index < -0.39 is 40.3 Å². The summed E-state index contributed by atoms with van der Waals surface area (Å²) >= 11 is 0. The zero-order valence-electron chi connectivity index (χ0n) is 25.1. The largest absolute Gasteiger partial charge is 0.480 e. The number of carboxylic acids is 1. The molecule has 1 aliphatic carbocycles. The maximum atomic E-state index is 13.4. The van der Waals surface area contributed by atoms with Gasteiger partial charge in [-0.2, -0.15) is 0 Å². The van der Waals surface area contributed by atoms with Crippen molar-refractivity contribution >= 4 is 27.9 Å². The maximum Gasteiger partial charge on any atom is 0.416 e. The van der Waals surface area contributed by atoms with E-state index >= 15 is 0 Å². The molecule has 1 atom stereocenters. The number of benzene rings is 1. The van der Waals surface area contributed by atoms with E-state index in [0.717, 1.165) is 23.3 Å². The first-order valence-corrected chi connectivity index (χ1v) is 16.0. The highest BCUT2D eigenvalue weighted by molar-refractivity contribution is 7.89. The lowest BCUT2D eigenvalue weighted by molar-refractivity contribution is -0.135. The molecule has 0 radical (unpaired) electrons. The number of aliphatic carboxylic acids is 1. The van der Waals surface area contributed by atoms with Crippen molar-refractivity contribution in [3.63, 3.8) is 0 Å². The third-order valence-electron chi connectivity index (χ3n) is 7.41. The average molecular weight is 609 g/mol. The normalized spacial score (nSPS) is 15.0. The Morgan fingerprint density at radius 1 is 1.09 bits per heavy atom. The summed E-state index contributed by atoms with van der Waals surface area (Å²) in [7, 11) is -4.00. The Bertz CT molecular complexity index is 1520. The standard InChI is InChI=1S/C32H40N4O6S/c1-5-6-16-32(17-18-32)24-14-12-23(13-15-24)20-27(35-43(40,41)25-9-8-19-33-21-25)26-10-7-11-28(34-26)36(22-29(37)38)30(39)42-31(2,3)4/h7-15,19,21,27,35H,5-6,16-18,20,22H2,1-4H3,(H,37,38). The van der Waals surface area contributed by atoms with Crippen LogP contribution >= 0.6 is 0 Å². The number of carbonyl (C=O) groups is 2. The molecular weight excluding hydrogens is 568 g/mol. The maximum absolute atomic E-state index is 13.4. The highest BCUT2D eigenvalue weighted by Gasteiger charge is 2.43. The first-order chi connectivity index (χ1) is 20.3. The van der Waals surface area contributed by atoms with E-state index in [-0.39, 0.29) is 22.5 Å². The van der Waals surface area contributed by atoms with Crippen molar-refractivity contribution in [2.75, 3.05) is 11.4 Å². The van der Waals surface area contributed by atoms with Crippen LogP contribution in [0.2, 0.25) is 0 Å². The van der Waals surface area contributed by atoms with Crippen molar-refractivity contribution in [3.05, 3.63) is 83.8 Å². The molecule has 0 aliphatic heterocycles. The number of aromatic nitrogens is 2. The molecule has 4 rings (SSSR count). The lowest BCUT2D eigenvalue weighted by Crippen LogP contribution is -2.40. The van der Waals surface area contributed by atoms with Crippen LogP contribution in [0.25, 0.3) is 0 Å². The number of pyridine rings is 2. The number of ether oxygens (including phenoxy) is 1. The lowest BCUT2D eigenvalue weighted by Gasteiger charge is -2.26. The molecule has 1 saturated carbocycles. The van der Waals surface area contributed by atoms with E-state index in [0.29, 0.717) is 5.69 Å². The van der Waals surface area contributed by atoms with Gasteiger partial charge in [-0.1, -0.05) is 50.1 Å². The summed E-state index contributed by atoms with van der Waals surface area (Å²) < 4.78 is 35.0. The van der Waals surface area contributed by atoms with Gasteiger partial charge in [0.15, 0.2) is 0 Å². The molecule has 2 aromatic heterocycles. The smallest absolute Gasteiger partial charge is 0.416 e. The number of nitrogens with zero attached hydrogens (tertiary/aromatic N) is 3. The van der Waals surface area contributed by atoms with Crippen LogP contribution in [0.3, 0.4) is 0 Å². The molecular formula is C32H40N4O6S. The topological polar surface area (TPSA) is 139 Å². The molecule has 1 aromatic carbocycles. The second-order valence-electron chi connectivity index (χ2n) is 12.0. The number of rotatable bonds is 13. The van der Waals surface area contributed by atoms with Crippen molar-refractivity contribution in [3.8, 4) is 0 Å². The summed E-state index contributed by atoms with van der Waals surface area (Å²) in [6.45, 7) is 6.55. The number of sulfonamides is 1. The number of carboxylic acid groups (broad SMARTS) is 1.